The van der Waals surface area contributed by atoms with E-state index in [1.165, 1.54) is 64.2 Å². The van der Waals surface area contributed by atoms with Crippen LogP contribution in [-0.4, -0.2) is 33.2 Å². The molecule has 0 rings (SSSR count). The highest BCUT2D eigenvalue weighted by molar-refractivity contribution is 6.35. The zero-order chi connectivity index (χ0) is 14.3. The lowest BCUT2D eigenvalue weighted by molar-refractivity contribution is 0.411. The van der Waals surface area contributed by atoms with Gasteiger partial charge >= 0.3 is 0 Å². The zero-order valence-corrected chi connectivity index (χ0v) is 13.7. The highest BCUT2D eigenvalue weighted by Gasteiger charge is 2.00. The maximum atomic E-state index is 6.00. The number of hydrogen-bond donors (Lipinski definition) is 0. The van der Waals surface area contributed by atoms with E-state index in [4.69, 9.17) is 7.98 Å². The minimum absolute atomic E-state index is 0.786. The lowest BCUT2D eigenvalue weighted by atomic mass is 9.66. The van der Waals surface area contributed by atoms with Crippen molar-refractivity contribution < 1.29 is 0 Å². The maximum Gasteiger partial charge on any atom is 0.182 e. The molecule has 0 aliphatic carbocycles. The topological polar surface area (TPSA) is 3.24 Å². The first-order chi connectivity index (χ1) is 9.20. The SMILES string of the molecule is [B]N(CCCCCCC)CCCCCC[C@H](C)[B]C. The third kappa shape index (κ3) is 14.3. The van der Waals surface area contributed by atoms with Crippen LogP contribution in [0.1, 0.15) is 78.1 Å². The summed E-state index contributed by atoms with van der Waals surface area (Å²) in [6, 6.07) is 0. The van der Waals surface area contributed by atoms with Crippen LogP contribution >= 0.6 is 0 Å². The van der Waals surface area contributed by atoms with E-state index < -0.39 is 0 Å². The Labute approximate surface area is 124 Å². The Morgan fingerprint density at radius 2 is 1.42 bits per heavy atom. The van der Waals surface area contributed by atoms with Gasteiger partial charge in [-0.1, -0.05) is 77.9 Å². The van der Waals surface area contributed by atoms with E-state index >= 15 is 0 Å². The van der Waals surface area contributed by atoms with Crippen LogP contribution in [0.25, 0.3) is 0 Å². The van der Waals surface area contributed by atoms with Gasteiger partial charge in [-0.2, -0.15) is 0 Å². The van der Waals surface area contributed by atoms with Crippen molar-refractivity contribution in [3.05, 3.63) is 0 Å². The van der Waals surface area contributed by atoms with Gasteiger partial charge in [-0.3, -0.25) is 0 Å². The quantitative estimate of drug-likeness (QED) is 0.319. The van der Waals surface area contributed by atoms with Crippen molar-refractivity contribution in [1.29, 1.82) is 0 Å². The molecule has 109 valence electrons. The molecule has 0 amide bonds. The summed E-state index contributed by atoms with van der Waals surface area (Å²) in [6.07, 6.45) is 13.3. The summed E-state index contributed by atoms with van der Waals surface area (Å²) in [5, 5.41) is 0. The van der Waals surface area contributed by atoms with Crippen LogP contribution in [0.2, 0.25) is 12.6 Å². The summed E-state index contributed by atoms with van der Waals surface area (Å²) in [5.74, 6) is 0.786. The molecule has 0 aliphatic heterocycles. The summed E-state index contributed by atoms with van der Waals surface area (Å²) in [4.78, 5) is 2.02. The first-order valence-corrected chi connectivity index (χ1v) is 8.49. The molecule has 0 bridgehead atoms. The molecule has 1 nitrogen and oxygen atoms in total. The predicted octanol–water partition coefficient (Wildman–Crippen LogP) is 4.85. The van der Waals surface area contributed by atoms with E-state index in [9.17, 15) is 0 Å². The highest BCUT2D eigenvalue weighted by atomic mass is 15.0. The molecule has 0 saturated heterocycles. The van der Waals surface area contributed by atoms with Crippen molar-refractivity contribution in [3.63, 3.8) is 0 Å². The van der Waals surface area contributed by atoms with E-state index in [2.05, 4.69) is 28.0 Å². The molecule has 0 fully saturated rings. The van der Waals surface area contributed by atoms with Crippen molar-refractivity contribution >= 4 is 15.3 Å². The molecule has 0 N–H and O–H groups in total. The van der Waals surface area contributed by atoms with Crippen LogP contribution in [-0.2, 0) is 0 Å². The van der Waals surface area contributed by atoms with E-state index in [1.807, 2.05) is 4.81 Å². The fraction of sp³-hybridized carbons (Fsp3) is 1.00. The van der Waals surface area contributed by atoms with Gasteiger partial charge in [-0.05, 0) is 25.9 Å². The Hall–Kier alpha value is 0.0899. The largest absolute Gasteiger partial charge is 0.353 e. The lowest BCUT2D eigenvalue weighted by Gasteiger charge is -2.17. The zero-order valence-electron chi connectivity index (χ0n) is 13.7. The normalized spacial score (nSPS) is 12.8. The fourth-order valence-corrected chi connectivity index (χ4v) is 2.33. The van der Waals surface area contributed by atoms with Crippen molar-refractivity contribution in [1.82, 2.24) is 4.81 Å². The summed E-state index contributed by atoms with van der Waals surface area (Å²) in [7, 11) is 8.31. The molecule has 1 atom stereocenters. The Bertz CT molecular complexity index is 176. The average molecular weight is 262 g/mol. The van der Waals surface area contributed by atoms with Crippen molar-refractivity contribution in [3.8, 4) is 0 Å². The van der Waals surface area contributed by atoms with Gasteiger partial charge in [0.05, 0.1) is 0 Å². The van der Waals surface area contributed by atoms with Gasteiger partial charge < -0.3 is 4.81 Å². The molecule has 0 unspecified atom stereocenters. The van der Waals surface area contributed by atoms with Crippen LogP contribution < -0.4 is 0 Å². The van der Waals surface area contributed by atoms with Crippen LogP contribution in [0.3, 0.4) is 0 Å². The van der Waals surface area contributed by atoms with E-state index in [0.29, 0.717) is 0 Å². The van der Waals surface area contributed by atoms with Gasteiger partial charge in [0.15, 0.2) is 7.98 Å². The Kier molecular flexibility index (Phi) is 14.6. The first kappa shape index (κ1) is 19.1. The highest BCUT2D eigenvalue weighted by Crippen LogP contribution is 2.14. The summed E-state index contributed by atoms with van der Waals surface area (Å²) in [5.41, 5.74) is 0. The minimum atomic E-state index is 0.786. The first-order valence-electron chi connectivity index (χ1n) is 8.49. The minimum Gasteiger partial charge on any atom is -0.353 e. The third-order valence-corrected chi connectivity index (χ3v) is 3.97. The molecule has 0 saturated carbocycles. The Morgan fingerprint density at radius 1 is 0.895 bits per heavy atom. The van der Waals surface area contributed by atoms with Crippen LogP contribution in [0.5, 0.6) is 0 Å². The fourth-order valence-electron chi connectivity index (χ4n) is 2.33. The molecular weight excluding hydrogens is 228 g/mol. The second-order valence-corrected chi connectivity index (χ2v) is 5.96. The molecule has 3 heteroatoms. The van der Waals surface area contributed by atoms with E-state index in [0.717, 1.165) is 18.9 Å². The molecule has 0 aromatic heterocycles. The van der Waals surface area contributed by atoms with Gasteiger partial charge in [-0.25, -0.2) is 0 Å². The van der Waals surface area contributed by atoms with Crippen LogP contribution in [0, 0.1) is 0 Å². The van der Waals surface area contributed by atoms with Crippen molar-refractivity contribution in [2.45, 2.75) is 90.7 Å². The number of hydrogen-bond acceptors (Lipinski definition) is 1. The molecule has 0 aromatic carbocycles. The number of rotatable bonds is 14. The standard InChI is InChI=1S/C16H34B2N/c1-4-5-6-8-11-14-19(17)15-12-9-7-10-13-16(2)18-3/h16H,4-15H2,1-3H3/t16-/m0/s1. The van der Waals surface area contributed by atoms with Gasteiger partial charge in [0, 0.05) is 0 Å². The molecule has 0 spiro atoms. The second kappa shape index (κ2) is 14.5. The second-order valence-electron chi connectivity index (χ2n) is 5.96. The van der Waals surface area contributed by atoms with Crippen LogP contribution in [0.4, 0.5) is 0 Å². The summed E-state index contributed by atoms with van der Waals surface area (Å²) < 4.78 is 0. The molecule has 0 aliphatic rings. The predicted molar refractivity (Wildman–Crippen MR) is 90.2 cm³/mol. The Morgan fingerprint density at radius 3 is 1.95 bits per heavy atom. The van der Waals surface area contributed by atoms with Crippen LogP contribution in [0.15, 0.2) is 0 Å². The summed E-state index contributed by atoms with van der Waals surface area (Å²) in [6.45, 7) is 8.88. The molecule has 19 heavy (non-hydrogen) atoms. The number of unbranched alkanes of at least 4 members (excludes halogenated alkanes) is 7. The Balaban J connectivity index is 3.18. The molecule has 3 radical (unpaired) electrons. The molecular formula is C16H34B2N. The monoisotopic (exact) mass is 262 g/mol. The smallest absolute Gasteiger partial charge is 0.182 e. The van der Waals surface area contributed by atoms with Gasteiger partial charge in [0.25, 0.3) is 0 Å². The van der Waals surface area contributed by atoms with Gasteiger partial charge in [0.1, 0.15) is 7.28 Å². The molecule has 0 heterocycles. The third-order valence-electron chi connectivity index (χ3n) is 3.97. The lowest BCUT2D eigenvalue weighted by Crippen LogP contribution is -2.22. The maximum absolute atomic E-state index is 6.00. The average Bonchev–Trinajstić information content (AvgIpc) is 2.42. The molecule has 0 aromatic rings. The van der Waals surface area contributed by atoms with Crippen molar-refractivity contribution in [2.24, 2.45) is 0 Å². The van der Waals surface area contributed by atoms with Gasteiger partial charge in [-0.15, -0.1) is 0 Å². The van der Waals surface area contributed by atoms with E-state index in [-0.39, 0.29) is 0 Å². The van der Waals surface area contributed by atoms with Gasteiger partial charge in [0.2, 0.25) is 0 Å². The summed E-state index contributed by atoms with van der Waals surface area (Å²) >= 11 is 0. The van der Waals surface area contributed by atoms with Crippen molar-refractivity contribution in [2.75, 3.05) is 13.1 Å². The van der Waals surface area contributed by atoms with E-state index in [1.54, 1.807) is 0 Å². The number of nitrogens with zero attached hydrogens (tertiary/aromatic N) is 1.